The molecule has 0 spiro atoms. The highest BCUT2D eigenvalue weighted by Crippen LogP contribution is 2.58. The van der Waals surface area contributed by atoms with Gasteiger partial charge < -0.3 is 0 Å². The lowest BCUT2D eigenvalue weighted by Gasteiger charge is -2.45. The Morgan fingerprint density at radius 1 is 1.31 bits per heavy atom. The quantitative estimate of drug-likeness (QED) is 0.300. The van der Waals surface area contributed by atoms with E-state index in [-0.39, 0.29) is 5.38 Å². The molecule has 0 heterocycles. The summed E-state index contributed by atoms with van der Waals surface area (Å²) in [6.45, 7) is 4.72. The molecule has 4 rings (SSSR count). The fourth-order valence-corrected chi connectivity index (χ4v) is 6.88. The van der Waals surface area contributed by atoms with Crippen LogP contribution in [0.2, 0.25) is 0 Å². The van der Waals surface area contributed by atoms with Crippen molar-refractivity contribution in [1.29, 1.82) is 0 Å². The van der Waals surface area contributed by atoms with Gasteiger partial charge in [-0.05, 0) is 87.5 Å². The third-order valence-corrected chi connectivity index (χ3v) is 8.18. The molecule has 0 aliphatic heterocycles. The summed E-state index contributed by atoms with van der Waals surface area (Å²) in [5.74, 6) is 3.71. The summed E-state index contributed by atoms with van der Waals surface area (Å²) in [5.41, 5.74) is 5.97. The smallest absolute Gasteiger partial charge is 0.146 e. The molecular weight excluding hydrogens is 340 g/mol. The summed E-state index contributed by atoms with van der Waals surface area (Å²) in [7, 11) is 0. The van der Waals surface area contributed by atoms with E-state index in [1.807, 2.05) is 0 Å². The first kappa shape index (κ1) is 18.5. The van der Waals surface area contributed by atoms with Gasteiger partial charge in [0.15, 0.2) is 0 Å². The monoisotopic (exact) mass is 372 g/mol. The Bertz CT molecular complexity index is 655. The number of hydrogen-bond donors (Lipinski definition) is 0. The van der Waals surface area contributed by atoms with E-state index in [1.165, 1.54) is 44.1 Å². The SMILES string of the molecule is CCCCC1=C(C)C2CC(C3=C(C=O)CC(Cl)CC3)CC3CC=CC1C32. The number of hydrogen-bond acceptors (Lipinski definition) is 1. The van der Waals surface area contributed by atoms with Crippen LogP contribution < -0.4 is 0 Å². The van der Waals surface area contributed by atoms with Gasteiger partial charge in [0.2, 0.25) is 0 Å². The molecule has 6 atom stereocenters. The van der Waals surface area contributed by atoms with E-state index >= 15 is 0 Å². The van der Waals surface area contributed by atoms with Crippen LogP contribution in [0, 0.1) is 29.6 Å². The number of rotatable bonds is 5. The van der Waals surface area contributed by atoms with Crippen LogP contribution in [0.4, 0.5) is 0 Å². The van der Waals surface area contributed by atoms with Crippen LogP contribution >= 0.6 is 11.6 Å². The van der Waals surface area contributed by atoms with Crippen LogP contribution in [0.5, 0.6) is 0 Å². The summed E-state index contributed by atoms with van der Waals surface area (Å²) >= 11 is 6.35. The van der Waals surface area contributed by atoms with Crippen molar-refractivity contribution in [2.75, 3.05) is 0 Å². The maximum Gasteiger partial charge on any atom is 0.146 e. The Kier molecular flexibility index (Phi) is 5.46. The minimum absolute atomic E-state index is 0.158. The average molecular weight is 373 g/mol. The molecule has 0 aromatic carbocycles. The van der Waals surface area contributed by atoms with Crippen LogP contribution in [0.3, 0.4) is 0 Å². The molecule has 0 N–H and O–H groups in total. The predicted octanol–water partition coefficient (Wildman–Crippen LogP) is 6.63. The van der Waals surface area contributed by atoms with Crippen molar-refractivity contribution < 1.29 is 4.79 Å². The molecule has 0 saturated heterocycles. The molecule has 1 fully saturated rings. The largest absolute Gasteiger partial charge is 0.298 e. The highest BCUT2D eigenvalue weighted by molar-refractivity contribution is 6.21. The van der Waals surface area contributed by atoms with E-state index in [1.54, 1.807) is 11.1 Å². The van der Waals surface area contributed by atoms with E-state index < -0.39 is 0 Å². The average Bonchev–Trinajstić information content (AvgIpc) is 2.93. The van der Waals surface area contributed by atoms with Crippen molar-refractivity contribution in [3.63, 3.8) is 0 Å². The van der Waals surface area contributed by atoms with Crippen LogP contribution in [-0.4, -0.2) is 11.7 Å². The highest BCUT2D eigenvalue weighted by Gasteiger charge is 2.49. The molecule has 4 aliphatic rings. The van der Waals surface area contributed by atoms with Gasteiger partial charge >= 0.3 is 0 Å². The number of aldehydes is 1. The number of carbonyl (C=O) groups is 1. The van der Waals surface area contributed by atoms with Crippen molar-refractivity contribution in [1.82, 2.24) is 0 Å². The van der Waals surface area contributed by atoms with Crippen molar-refractivity contribution in [3.05, 3.63) is 34.4 Å². The van der Waals surface area contributed by atoms with E-state index in [9.17, 15) is 4.79 Å². The van der Waals surface area contributed by atoms with Crippen LogP contribution in [0.15, 0.2) is 34.4 Å². The number of unbranched alkanes of at least 4 members (excludes halogenated alkanes) is 1. The Balaban J connectivity index is 1.63. The number of carbonyl (C=O) groups excluding carboxylic acids is 1. The van der Waals surface area contributed by atoms with Crippen LogP contribution in [0.1, 0.15) is 71.6 Å². The zero-order chi connectivity index (χ0) is 18.3. The lowest BCUT2D eigenvalue weighted by molar-refractivity contribution is -0.105. The molecule has 2 heteroatoms. The molecule has 0 aromatic rings. The fourth-order valence-electron chi connectivity index (χ4n) is 6.60. The summed E-state index contributed by atoms with van der Waals surface area (Å²) in [6.07, 6.45) is 16.7. The molecule has 0 radical (unpaired) electrons. The summed E-state index contributed by atoms with van der Waals surface area (Å²) in [4.78, 5) is 11.7. The van der Waals surface area contributed by atoms with E-state index in [4.69, 9.17) is 11.6 Å². The van der Waals surface area contributed by atoms with Crippen molar-refractivity contribution in [2.24, 2.45) is 29.6 Å². The minimum Gasteiger partial charge on any atom is -0.298 e. The third-order valence-electron chi connectivity index (χ3n) is 7.81. The number of alkyl halides is 1. The molecule has 1 saturated carbocycles. The van der Waals surface area contributed by atoms with Gasteiger partial charge in [-0.15, -0.1) is 11.6 Å². The van der Waals surface area contributed by atoms with Gasteiger partial charge in [-0.25, -0.2) is 0 Å². The molecular formula is C24H33ClO. The molecule has 26 heavy (non-hydrogen) atoms. The van der Waals surface area contributed by atoms with Gasteiger partial charge in [0.05, 0.1) is 0 Å². The van der Waals surface area contributed by atoms with Gasteiger partial charge in [0.25, 0.3) is 0 Å². The van der Waals surface area contributed by atoms with E-state index in [0.717, 1.165) is 48.9 Å². The number of allylic oxidation sites excluding steroid dienone is 6. The second-order valence-corrected chi connectivity index (χ2v) is 9.74. The fraction of sp³-hybridized carbons (Fsp3) is 0.708. The zero-order valence-electron chi connectivity index (χ0n) is 16.3. The molecule has 6 unspecified atom stereocenters. The summed E-state index contributed by atoms with van der Waals surface area (Å²) < 4.78 is 0. The van der Waals surface area contributed by atoms with Crippen LogP contribution in [-0.2, 0) is 4.79 Å². The van der Waals surface area contributed by atoms with Gasteiger partial charge in [-0.3, -0.25) is 4.79 Å². The summed E-state index contributed by atoms with van der Waals surface area (Å²) in [6, 6.07) is 0. The minimum atomic E-state index is 0.158. The zero-order valence-corrected chi connectivity index (χ0v) is 17.1. The van der Waals surface area contributed by atoms with Crippen molar-refractivity contribution >= 4 is 17.9 Å². The first-order valence-electron chi connectivity index (χ1n) is 10.8. The van der Waals surface area contributed by atoms with Gasteiger partial charge in [-0.1, -0.05) is 42.2 Å². The predicted molar refractivity (Wildman–Crippen MR) is 109 cm³/mol. The van der Waals surface area contributed by atoms with E-state index in [0.29, 0.717) is 11.8 Å². The number of halogens is 1. The second-order valence-electron chi connectivity index (χ2n) is 9.12. The standard InChI is InChI=1S/C24H33ClO/c1-3-4-7-20-15(2)23-13-17(11-16-6-5-8-22(20)24(16)23)21-10-9-19(25)12-18(21)14-26/h5,8,14,16-17,19,22-24H,3-4,6-7,9-13H2,1-2H3. The van der Waals surface area contributed by atoms with Gasteiger partial charge in [0, 0.05) is 11.3 Å². The van der Waals surface area contributed by atoms with Gasteiger partial charge in [-0.2, -0.15) is 0 Å². The Labute approximate surface area is 164 Å². The molecule has 142 valence electrons. The third kappa shape index (κ3) is 3.15. The topological polar surface area (TPSA) is 17.1 Å². The van der Waals surface area contributed by atoms with E-state index in [2.05, 4.69) is 26.0 Å². The molecule has 0 aromatic heterocycles. The Morgan fingerprint density at radius 2 is 2.15 bits per heavy atom. The molecule has 1 nitrogen and oxygen atoms in total. The van der Waals surface area contributed by atoms with Crippen molar-refractivity contribution in [3.8, 4) is 0 Å². The Morgan fingerprint density at radius 3 is 2.92 bits per heavy atom. The highest BCUT2D eigenvalue weighted by atomic mass is 35.5. The lowest BCUT2D eigenvalue weighted by Crippen LogP contribution is -2.36. The molecule has 0 amide bonds. The maximum absolute atomic E-state index is 11.7. The van der Waals surface area contributed by atoms with Crippen molar-refractivity contribution in [2.45, 2.75) is 77.0 Å². The summed E-state index contributed by atoms with van der Waals surface area (Å²) in [5, 5.41) is 0.158. The molecule has 4 aliphatic carbocycles. The Hall–Kier alpha value is -0.820. The lowest BCUT2D eigenvalue weighted by atomic mass is 9.60. The normalized spacial score (nSPS) is 39.3. The first-order valence-corrected chi connectivity index (χ1v) is 11.2. The first-order chi connectivity index (χ1) is 12.6. The molecule has 0 bridgehead atoms. The van der Waals surface area contributed by atoms with Crippen LogP contribution in [0.25, 0.3) is 0 Å². The van der Waals surface area contributed by atoms with Gasteiger partial charge in [0.1, 0.15) is 6.29 Å². The second kappa shape index (κ2) is 7.66. The maximum atomic E-state index is 11.7.